The lowest BCUT2D eigenvalue weighted by Gasteiger charge is -2.15. The average Bonchev–Trinajstić information content (AvgIpc) is 2.43. The van der Waals surface area contributed by atoms with Crippen molar-refractivity contribution in [2.24, 2.45) is 0 Å². The van der Waals surface area contributed by atoms with Gasteiger partial charge in [-0.1, -0.05) is 12.1 Å². The topological polar surface area (TPSA) is 84.9 Å². The Hall–Kier alpha value is -2.08. The molecule has 0 radical (unpaired) electrons. The van der Waals surface area contributed by atoms with Gasteiger partial charge in [0.05, 0.1) is 18.8 Å². The molecule has 1 aromatic rings. The van der Waals surface area contributed by atoms with Crippen LogP contribution >= 0.6 is 0 Å². The third-order valence-electron chi connectivity index (χ3n) is 2.52. The summed E-state index contributed by atoms with van der Waals surface area (Å²) in [5.74, 6) is -1.21. The van der Waals surface area contributed by atoms with Gasteiger partial charge in [-0.25, -0.2) is 4.79 Å². The number of benzene rings is 1. The van der Waals surface area contributed by atoms with Crippen LogP contribution in [-0.4, -0.2) is 42.8 Å². The molecule has 0 heterocycles. The van der Waals surface area contributed by atoms with Crippen molar-refractivity contribution in [1.82, 2.24) is 5.32 Å². The van der Waals surface area contributed by atoms with Crippen molar-refractivity contribution >= 4 is 11.9 Å². The quantitative estimate of drug-likeness (QED) is 0.750. The number of carbonyl (C=O) groups excluding carboxylic acids is 1. The predicted octanol–water partition coefficient (Wildman–Crippen LogP) is 1.30. The number of carboxylic acids is 1. The molecule has 1 atom stereocenters. The van der Waals surface area contributed by atoms with E-state index in [9.17, 15) is 9.59 Å². The summed E-state index contributed by atoms with van der Waals surface area (Å²) in [6, 6.07) is 5.60. The van der Waals surface area contributed by atoms with Crippen LogP contribution in [-0.2, 0) is 9.53 Å². The highest BCUT2D eigenvalue weighted by Gasteiger charge is 2.22. The fraction of sp³-hybridized carbons (Fsp3) is 0.429. The van der Waals surface area contributed by atoms with E-state index in [1.165, 1.54) is 0 Å². The van der Waals surface area contributed by atoms with E-state index < -0.39 is 17.9 Å². The van der Waals surface area contributed by atoms with Gasteiger partial charge in [-0.2, -0.15) is 0 Å². The Bertz CT molecular complexity index is 461. The first-order chi connectivity index (χ1) is 9.60. The maximum Gasteiger partial charge on any atom is 0.328 e. The molecule has 2 N–H and O–H groups in total. The minimum Gasteiger partial charge on any atom is -0.493 e. The van der Waals surface area contributed by atoms with Gasteiger partial charge in [0, 0.05) is 6.61 Å². The molecule has 0 aliphatic rings. The van der Waals surface area contributed by atoms with E-state index in [1.807, 2.05) is 6.92 Å². The summed E-state index contributed by atoms with van der Waals surface area (Å²) < 4.78 is 10.4. The summed E-state index contributed by atoms with van der Waals surface area (Å²) in [5, 5.41) is 11.5. The van der Waals surface area contributed by atoms with Gasteiger partial charge in [-0.15, -0.1) is 0 Å². The molecule has 0 spiro atoms. The van der Waals surface area contributed by atoms with Gasteiger partial charge in [0.25, 0.3) is 5.91 Å². The molecule has 0 bridgehead atoms. The lowest BCUT2D eigenvalue weighted by atomic mass is 10.1. The highest BCUT2D eigenvalue weighted by Crippen LogP contribution is 2.17. The summed E-state index contributed by atoms with van der Waals surface area (Å²) in [4.78, 5) is 23.2. The summed E-state index contributed by atoms with van der Waals surface area (Å²) in [6.07, 6.45) is 0. The molecule has 20 heavy (non-hydrogen) atoms. The highest BCUT2D eigenvalue weighted by molar-refractivity contribution is 5.98. The standard InChI is InChI=1S/C14H19NO5/c1-3-19-9-11(14(17)18)15-13(16)10-7-5-6-8-12(10)20-4-2/h5-8,11H,3-4,9H2,1-2H3,(H,15,16)(H,17,18)/t11-/m0/s1. The zero-order chi connectivity index (χ0) is 15.0. The Morgan fingerprint density at radius 3 is 2.55 bits per heavy atom. The number of hydrogen-bond acceptors (Lipinski definition) is 4. The van der Waals surface area contributed by atoms with Gasteiger partial charge < -0.3 is 19.9 Å². The van der Waals surface area contributed by atoms with Crippen LogP contribution in [0.25, 0.3) is 0 Å². The fourth-order valence-electron chi connectivity index (χ4n) is 1.58. The fourth-order valence-corrected chi connectivity index (χ4v) is 1.58. The van der Waals surface area contributed by atoms with Crippen LogP contribution in [0, 0.1) is 0 Å². The first-order valence-electron chi connectivity index (χ1n) is 6.43. The van der Waals surface area contributed by atoms with E-state index in [2.05, 4.69) is 5.32 Å². The SMILES string of the molecule is CCOC[C@H](NC(=O)c1ccccc1OCC)C(=O)O. The van der Waals surface area contributed by atoms with Crippen LogP contribution in [0.4, 0.5) is 0 Å². The monoisotopic (exact) mass is 281 g/mol. The summed E-state index contributed by atoms with van der Waals surface area (Å²) in [6.45, 7) is 4.30. The van der Waals surface area contributed by atoms with Gasteiger partial charge in [0.2, 0.25) is 0 Å². The molecule has 1 amide bonds. The molecule has 0 aliphatic heterocycles. The molecular formula is C14H19NO5. The minimum absolute atomic E-state index is 0.0750. The number of hydrogen-bond donors (Lipinski definition) is 2. The Morgan fingerprint density at radius 2 is 1.95 bits per heavy atom. The third-order valence-corrected chi connectivity index (χ3v) is 2.52. The zero-order valence-electron chi connectivity index (χ0n) is 11.6. The Balaban J connectivity index is 2.80. The van der Waals surface area contributed by atoms with E-state index in [0.29, 0.717) is 24.5 Å². The number of rotatable bonds is 8. The van der Waals surface area contributed by atoms with Crippen molar-refractivity contribution in [2.75, 3.05) is 19.8 Å². The normalized spacial score (nSPS) is 11.7. The van der Waals surface area contributed by atoms with Crippen molar-refractivity contribution in [1.29, 1.82) is 0 Å². The van der Waals surface area contributed by atoms with Crippen LogP contribution in [0.2, 0.25) is 0 Å². The van der Waals surface area contributed by atoms with Crippen molar-refractivity contribution in [3.05, 3.63) is 29.8 Å². The maximum atomic E-state index is 12.1. The summed E-state index contributed by atoms with van der Waals surface area (Å²) >= 11 is 0. The van der Waals surface area contributed by atoms with Crippen LogP contribution < -0.4 is 10.1 Å². The number of aliphatic carboxylic acids is 1. The summed E-state index contributed by atoms with van der Waals surface area (Å²) in [5.41, 5.74) is 0.303. The predicted molar refractivity (Wildman–Crippen MR) is 73.0 cm³/mol. The Labute approximate surface area is 117 Å². The van der Waals surface area contributed by atoms with Crippen molar-refractivity contribution in [3.8, 4) is 5.75 Å². The number of nitrogens with one attached hydrogen (secondary N) is 1. The smallest absolute Gasteiger partial charge is 0.328 e. The second-order valence-corrected chi connectivity index (χ2v) is 3.95. The van der Waals surface area contributed by atoms with E-state index in [-0.39, 0.29) is 6.61 Å². The largest absolute Gasteiger partial charge is 0.493 e. The molecule has 6 nitrogen and oxygen atoms in total. The Morgan fingerprint density at radius 1 is 1.25 bits per heavy atom. The van der Waals surface area contributed by atoms with Gasteiger partial charge >= 0.3 is 5.97 Å². The third kappa shape index (κ3) is 4.55. The molecule has 1 aromatic carbocycles. The second kappa shape index (κ2) is 8.16. The van der Waals surface area contributed by atoms with Gasteiger partial charge in [0.15, 0.2) is 6.04 Å². The van der Waals surface area contributed by atoms with Gasteiger partial charge in [0.1, 0.15) is 5.75 Å². The number of amides is 1. The van der Waals surface area contributed by atoms with E-state index in [4.69, 9.17) is 14.6 Å². The molecule has 1 rings (SSSR count). The van der Waals surface area contributed by atoms with Crippen molar-refractivity contribution in [2.45, 2.75) is 19.9 Å². The molecule has 0 aromatic heterocycles. The molecular weight excluding hydrogens is 262 g/mol. The van der Waals surface area contributed by atoms with E-state index in [0.717, 1.165) is 0 Å². The number of para-hydroxylation sites is 1. The van der Waals surface area contributed by atoms with Crippen LogP contribution in [0.1, 0.15) is 24.2 Å². The highest BCUT2D eigenvalue weighted by atomic mass is 16.5. The van der Waals surface area contributed by atoms with Crippen LogP contribution in [0.5, 0.6) is 5.75 Å². The first kappa shape index (κ1) is 16.0. The van der Waals surface area contributed by atoms with E-state index >= 15 is 0 Å². The molecule has 110 valence electrons. The van der Waals surface area contributed by atoms with E-state index in [1.54, 1.807) is 31.2 Å². The number of carboxylic acid groups (broad SMARTS) is 1. The van der Waals surface area contributed by atoms with Gasteiger partial charge in [-0.3, -0.25) is 4.79 Å². The Kier molecular flexibility index (Phi) is 6.52. The molecule has 6 heteroatoms. The number of carbonyl (C=O) groups is 2. The van der Waals surface area contributed by atoms with Crippen molar-refractivity contribution in [3.63, 3.8) is 0 Å². The maximum absolute atomic E-state index is 12.1. The molecule has 0 aliphatic carbocycles. The molecule has 0 unspecified atom stereocenters. The minimum atomic E-state index is -1.14. The molecule has 0 saturated heterocycles. The van der Waals surface area contributed by atoms with Crippen molar-refractivity contribution < 1.29 is 24.2 Å². The first-order valence-corrected chi connectivity index (χ1v) is 6.43. The zero-order valence-corrected chi connectivity index (χ0v) is 11.6. The lowest BCUT2D eigenvalue weighted by Crippen LogP contribution is -2.44. The second-order valence-electron chi connectivity index (χ2n) is 3.95. The van der Waals surface area contributed by atoms with Crippen LogP contribution in [0.3, 0.4) is 0 Å². The molecule has 0 fully saturated rings. The number of ether oxygens (including phenoxy) is 2. The van der Waals surface area contributed by atoms with Crippen LogP contribution in [0.15, 0.2) is 24.3 Å². The lowest BCUT2D eigenvalue weighted by molar-refractivity contribution is -0.140. The average molecular weight is 281 g/mol. The molecule has 0 saturated carbocycles. The summed E-state index contributed by atoms with van der Waals surface area (Å²) in [7, 11) is 0. The van der Waals surface area contributed by atoms with Gasteiger partial charge in [-0.05, 0) is 26.0 Å².